The number of carbonyl (C=O) groups excluding carboxylic acids is 2. The van der Waals surface area contributed by atoms with Crippen LogP contribution in [-0.4, -0.2) is 19.6 Å². The average Bonchev–Trinajstić information content (AvgIpc) is 2.39. The minimum atomic E-state index is 0.365. The van der Waals surface area contributed by atoms with E-state index in [1.807, 2.05) is 37.3 Å². The summed E-state index contributed by atoms with van der Waals surface area (Å²) < 4.78 is 8.93. The lowest BCUT2D eigenvalue weighted by Crippen LogP contribution is -1.88. The highest BCUT2D eigenvalue weighted by atomic mass is 16.5. The van der Waals surface area contributed by atoms with Gasteiger partial charge in [0.2, 0.25) is 0 Å². The Morgan fingerprint density at radius 3 is 2.24 bits per heavy atom. The molecule has 17 heavy (non-hydrogen) atoms. The van der Waals surface area contributed by atoms with Crippen molar-refractivity contribution in [3.63, 3.8) is 0 Å². The maximum Gasteiger partial charge on any atom is 0.293 e. The summed E-state index contributed by atoms with van der Waals surface area (Å²) in [5.41, 5.74) is 1.01. The Balaban J connectivity index is 0.000000325. The number of ether oxygens (including phenoxy) is 2. The molecule has 0 radical (unpaired) electrons. The van der Waals surface area contributed by atoms with Crippen LogP contribution in [0.15, 0.2) is 30.3 Å². The van der Waals surface area contributed by atoms with Crippen LogP contribution in [0.5, 0.6) is 0 Å². The average molecular weight is 238 g/mol. The van der Waals surface area contributed by atoms with Gasteiger partial charge in [-0.25, -0.2) is 0 Å². The van der Waals surface area contributed by atoms with Gasteiger partial charge >= 0.3 is 0 Å². The first-order valence-corrected chi connectivity index (χ1v) is 5.49. The standard InChI is InChI=1S/C8H8O2.C5H10O2/c9-7-10-6-8-4-2-1-3-5-8;1-2-3-4-7-5-6/h1-5,7H,6H2;5H,2-4H2,1H3. The first-order chi connectivity index (χ1) is 8.35. The summed E-state index contributed by atoms with van der Waals surface area (Å²) in [6.07, 6.45) is 2.05. The molecule has 0 atom stereocenters. The van der Waals surface area contributed by atoms with Gasteiger partial charge in [0.15, 0.2) is 0 Å². The Morgan fingerprint density at radius 2 is 1.71 bits per heavy atom. The van der Waals surface area contributed by atoms with E-state index < -0.39 is 0 Å². The number of rotatable bonds is 7. The topological polar surface area (TPSA) is 52.6 Å². The fourth-order valence-electron chi connectivity index (χ4n) is 0.980. The van der Waals surface area contributed by atoms with Crippen molar-refractivity contribution in [2.45, 2.75) is 26.4 Å². The van der Waals surface area contributed by atoms with Crippen molar-refractivity contribution in [3.05, 3.63) is 35.9 Å². The van der Waals surface area contributed by atoms with Gasteiger partial charge in [-0.15, -0.1) is 0 Å². The summed E-state index contributed by atoms with van der Waals surface area (Å²) in [5, 5.41) is 0. The Bertz CT molecular complexity index is 285. The highest BCUT2D eigenvalue weighted by Gasteiger charge is 1.87. The second kappa shape index (κ2) is 12.2. The summed E-state index contributed by atoms with van der Waals surface area (Å²) in [6, 6.07) is 9.55. The third kappa shape index (κ3) is 10.4. The molecular formula is C13H18O4. The van der Waals surface area contributed by atoms with Gasteiger partial charge in [0, 0.05) is 0 Å². The van der Waals surface area contributed by atoms with Crippen LogP contribution in [0.25, 0.3) is 0 Å². The Labute approximate surface area is 102 Å². The van der Waals surface area contributed by atoms with Crippen molar-refractivity contribution < 1.29 is 19.1 Å². The molecular weight excluding hydrogens is 220 g/mol. The number of hydrogen-bond donors (Lipinski definition) is 0. The quantitative estimate of drug-likeness (QED) is 0.540. The molecule has 4 nitrogen and oxygen atoms in total. The van der Waals surface area contributed by atoms with Crippen molar-refractivity contribution in [1.82, 2.24) is 0 Å². The van der Waals surface area contributed by atoms with E-state index in [-0.39, 0.29) is 0 Å². The molecule has 0 unspecified atom stereocenters. The molecule has 0 aliphatic heterocycles. The second-order valence-corrected chi connectivity index (χ2v) is 3.21. The van der Waals surface area contributed by atoms with Gasteiger partial charge in [0.25, 0.3) is 12.9 Å². The van der Waals surface area contributed by atoms with Crippen LogP contribution >= 0.6 is 0 Å². The smallest absolute Gasteiger partial charge is 0.293 e. The van der Waals surface area contributed by atoms with Gasteiger partial charge < -0.3 is 9.47 Å². The van der Waals surface area contributed by atoms with E-state index >= 15 is 0 Å². The van der Waals surface area contributed by atoms with Gasteiger partial charge in [0.05, 0.1) is 6.61 Å². The van der Waals surface area contributed by atoms with Crippen LogP contribution in [0.3, 0.4) is 0 Å². The van der Waals surface area contributed by atoms with Gasteiger partial charge in [-0.2, -0.15) is 0 Å². The van der Waals surface area contributed by atoms with E-state index in [0.717, 1.165) is 18.4 Å². The number of unbranched alkanes of at least 4 members (excludes halogenated alkanes) is 1. The van der Waals surface area contributed by atoms with Crippen LogP contribution in [0, 0.1) is 0 Å². The molecule has 0 saturated heterocycles. The molecule has 1 rings (SSSR count). The third-order valence-corrected chi connectivity index (χ3v) is 1.84. The highest BCUT2D eigenvalue weighted by molar-refractivity contribution is 5.37. The van der Waals surface area contributed by atoms with E-state index in [2.05, 4.69) is 9.47 Å². The monoisotopic (exact) mass is 238 g/mol. The van der Waals surface area contributed by atoms with Crippen molar-refractivity contribution in [1.29, 1.82) is 0 Å². The largest absolute Gasteiger partial charge is 0.468 e. The maximum absolute atomic E-state index is 9.76. The molecule has 4 heteroatoms. The van der Waals surface area contributed by atoms with Crippen molar-refractivity contribution in [2.75, 3.05) is 6.61 Å². The summed E-state index contributed by atoms with van der Waals surface area (Å²) >= 11 is 0. The first-order valence-electron chi connectivity index (χ1n) is 5.49. The summed E-state index contributed by atoms with van der Waals surface area (Å²) in [4.78, 5) is 19.2. The predicted octanol–water partition coefficient (Wildman–Crippen LogP) is 2.32. The van der Waals surface area contributed by atoms with E-state index in [1.54, 1.807) is 0 Å². The van der Waals surface area contributed by atoms with Crippen LogP contribution in [0.1, 0.15) is 25.3 Å². The minimum Gasteiger partial charge on any atom is -0.468 e. The Hall–Kier alpha value is -1.84. The molecule has 0 amide bonds. The van der Waals surface area contributed by atoms with Crippen molar-refractivity contribution in [3.8, 4) is 0 Å². The zero-order valence-corrected chi connectivity index (χ0v) is 10.0. The Morgan fingerprint density at radius 1 is 1.06 bits per heavy atom. The molecule has 0 aliphatic rings. The van der Waals surface area contributed by atoms with Crippen LogP contribution < -0.4 is 0 Å². The molecule has 0 spiro atoms. The lowest BCUT2D eigenvalue weighted by atomic mass is 10.2. The van der Waals surface area contributed by atoms with Crippen LogP contribution in [-0.2, 0) is 25.7 Å². The van der Waals surface area contributed by atoms with Crippen molar-refractivity contribution in [2.24, 2.45) is 0 Å². The molecule has 0 heterocycles. The fraction of sp³-hybridized carbons (Fsp3) is 0.385. The number of benzene rings is 1. The summed E-state index contributed by atoms with van der Waals surface area (Å²) in [6.45, 7) is 3.92. The zero-order chi connectivity index (χ0) is 12.8. The lowest BCUT2D eigenvalue weighted by molar-refractivity contribution is -0.130. The van der Waals surface area contributed by atoms with Crippen LogP contribution in [0.4, 0.5) is 0 Å². The molecule has 94 valence electrons. The zero-order valence-electron chi connectivity index (χ0n) is 10.0. The molecule has 0 fully saturated rings. The normalized spacial score (nSPS) is 8.53. The van der Waals surface area contributed by atoms with Gasteiger partial charge in [-0.05, 0) is 12.0 Å². The van der Waals surface area contributed by atoms with E-state index in [4.69, 9.17) is 0 Å². The van der Waals surface area contributed by atoms with E-state index in [0.29, 0.717) is 26.2 Å². The second-order valence-electron chi connectivity index (χ2n) is 3.21. The number of hydrogen-bond acceptors (Lipinski definition) is 4. The van der Waals surface area contributed by atoms with Crippen molar-refractivity contribution >= 4 is 12.9 Å². The third-order valence-electron chi connectivity index (χ3n) is 1.84. The van der Waals surface area contributed by atoms with Gasteiger partial charge in [-0.3, -0.25) is 9.59 Å². The predicted molar refractivity (Wildman–Crippen MR) is 64.2 cm³/mol. The minimum absolute atomic E-state index is 0.365. The summed E-state index contributed by atoms with van der Waals surface area (Å²) in [7, 11) is 0. The molecule has 1 aromatic rings. The van der Waals surface area contributed by atoms with Gasteiger partial charge in [-0.1, -0.05) is 43.7 Å². The molecule has 0 aromatic heterocycles. The molecule has 0 bridgehead atoms. The van der Waals surface area contributed by atoms with Crippen LogP contribution in [0.2, 0.25) is 0 Å². The Kier molecular flexibility index (Phi) is 10.9. The van der Waals surface area contributed by atoms with E-state index in [9.17, 15) is 9.59 Å². The van der Waals surface area contributed by atoms with E-state index in [1.165, 1.54) is 0 Å². The first kappa shape index (κ1) is 15.2. The molecule has 1 aromatic carbocycles. The molecule has 0 aliphatic carbocycles. The number of carbonyl (C=O) groups is 2. The SMILES string of the molecule is CCCCOC=O.O=COCc1ccccc1. The summed E-state index contributed by atoms with van der Waals surface area (Å²) in [5.74, 6) is 0. The molecule has 0 N–H and O–H groups in total. The molecule has 0 saturated carbocycles. The van der Waals surface area contributed by atoms with Gasteiger partial charge in [0.1, 0.15) is 6.61 Å². The highest BCUT2D eigenvalue weighted by Crippen LogP contribution is 1.98. The fourth-order valence-corrected chi connectivity index (χ4v) is 0.980. The maximum atomic E-state index is 9.76. The lowest BCUT2D eigenvalue weighted by Gasteiger charge is -1.95.